The lowest BCUT2D eigenvalue weighted by Gasteiger charge is -2.18. The van der Waals surface area contributed by atoms with E-state index < -0.39 is 6.10 Å². The Hall–Kier alpha value is -4.45. The zero-order valence-corrected chi connectivity index (χ0v) is 53.5. The standard InChI is InChI=1S/C76H126O6/c1-4-7-10-13-16-18-20-22-24-26-28-30-32-34-35-36-37-38-39-40-41-43-44-46-48-50-52-54-56-58-60-63-66-69-75(78)81-72-73(71-80-74(77)68-65-62-15-12-9-6-3)82-76(79)70-67-64-61-59-57-55-53-51-49-47-45-42-33-31-29-27-25-23-21-19-17-14-11-8-5-2/h7-8,10-11,16-19,22-25,28-31,34-35,37-38,40-41,73H,4-6,9,12-15,20-21,26-27,32-33,36,39,42-72H2,1-3H3/b10-7-,11-8-,18-16-,19-17-,24-22-,25-23-,30-28-,31-29-,35-34-,38-37-,41-40-. The summed E-state index contributed by atoms with van der Waals surface area (Å²) in [6, 6.07) is 0. The van der Waals surface area contributed by atoms with Crippen molar-refractivity contribution in [1.82, 2.24) is 0 Å². The fourth-order valence-electron chi connectivity index (χ4n) is 9.36. The van der Waals surface area contributed by atoms with Crippen LogP contribution in [0, 0.1) is 0 Å². The quantitative estimate of drug-likeness (QED) is 0.0261. The number of hydrogen-bond donors (Lipinski definition) is 0. The second-order valence-electron chi connectivity index (χ2n) is 22.3. The lowest BCUT2D eigenvalue weighted by molar-refractivity contribution is -0.167. The van der Waals surface area contributed by atoms with Gasteiger partial charge >= 0.3 is 17.9 Å². The Morgan fingerprint density at radius 2 is 0.476 bits per heavy atom. The van der Waals surface area contributed by atoms with Crippen molar-refractivity contribution >= 4 is 17.9 Å². The Labute approximate surface area is 506 Å². The van der Waals surface area contributed by atoms with Gasteiger partial charge in [-0.05, 0) is 116 Å². The zero-order chi connectivity index (χ0) is 59.2. The van der Waals surface area contributed by atoms with Crippen LogP contribution in [-0.4, -0.2) is 37.2 Å². The Balaban J connectivity index is 4.07. The third kappa shape index (κ3) is 66.4. The lowest BCUT2D eigenvalue weighted by Crippen LogP contribution is -2.30. The molecule has 466 valence electrons. The number of rotatable bonds is 61. The summed E-state index contributed by atoms with van der Waals surface area (Å²) in [4.78, 5) is 38.1. The van der Waals surface area contributed by atoms with E-state index in [1.54, 1.807) is 0 Å². The van der Waals surface area contributed by atoms with Crippen molar-refractivity contribution in [2.75, 3.05) is 13.2 Å². The Kier molecular flexibility index (Phi) is 65.3. The Morgan fingerprint density at radius 3 is 0.744 bits per heavy atom. The fourth-order valence-corrected chi connectivity index (χ4v) is 9.36. The van der Waals surface area contributed by atoms with Gasteiger partial charge in [-0.3, -0.25) is 14.4 Å². The molecule has 0 aliphatic rings. The number of allylic oxidation sites excluding steroid dienone is 22. The third-order valence-electron chi connectivity index (χ3n) is 14.4. The summed E-state index contributed by atoms with van der Waals surface area (Å²) < 4.78 is 16.8. The minimum absolute atomic E-state index is 0.0800. The first-order chi connectivity index (χ1) is 40.5. The molecule has 1 atom stereocenters. The highest BCUT2D eigenvalue weighted by Gasteiger charge is 2.19. The molecule has 6 nitrogen and oxygen atoms in total. The SMILES string of the molecule is CC/C=C\C/C=C\C/C=C\C/C=C\C/C=C\C/C=C\C/C=C\CCCCCCCCCCCCCC(=O)OCC(COC(=O)CCCCCCCC)OC(=O)CCCCCCCCCCCCCC/C=C\C/C=C\C/C=C\C/C=C\CC. The molecule has 0 N–H and O–H groups in total. The molecule has 1 unspecified atom stereocenters. The Morgan fingerprint density at radius 1 is 0.256 bits per heavy atom. The van der Waals surface area contributed by atoms with Gasteiger partial charge < -0.3 is 14.2 Å². The number of carbonyl (C=O) groups is 3. The molecule has 82 heavy (non-hydrogen) atoms. The van der Waals surface area contributed by atoms with Crippen LogP contribution in [0.15, 0.2) is 134 Å². The minimum Gasteiger partial charge on any atom is -0.462 e. The molecule has 6 heteroatoms. The molecule has 0 saturated heterocycles. The first-order valence-electron chi connectivity index (χ1n) is 34.2. The van der Waals surface area contributed by atoms with Crippen LogP contribution in [0.5, 0.6) is 0 Å². The highest BCUT2D eigenvalue weighted by Crippen LogP contribution is 2.16. The van der Waals surface area contributed by atoms with E-state index in [4.69, 9.17) is 14.2 Å². The van der Waals surface area contributed by atoms with E-state index in [2.05, 4.69) is 154 Å². The van der Waals surface area contributed by atoms with Crippen molar-refractivity contribution < 1.29 is 28.6 Å². The van der Waals surface area contributed by atoms with Gasteiger partial charge in [0.1, 0.15) is 13.2 Å². The van der Waals surface area contributed by atoms with Crippen molar-refractivity contribution in [2.24, 2.45) is 0 Å². The van der Waals surface area contributed by atoms with Crippen LogP contribution >= 0.6 is 0 Å². The van der Waals surface area contributed by atoms with E-state index in [0.717, 1.165) is 128 Å². The van der Waals surface area contributed by atoms with Gasteiger partial charge in [0, 0.05) is 19.3 Å². The topological polar surface area (TPSA) is 78.9 Å². The highest BCUT2D eigenvalue weighted by molar-refractivity contribution is 5.71. The van der Waals surface area contributed by atoms with Gasteiger partial charge in [-0.1, -0.05) is 309 Å². The molecule has 0 fully saturated rings. The van der Waals surface area contributed by atoms with Crippen LogP contribution in [0.4, 0.5) is 0 Å². The van der Waals surface area contributed by atoms with Crippen molar-refractivity contribution in [3.8, 4) is 0 Å². The lowest BCUT2D eigenvalue weighted by atomic mass is 10.0. The number of carbonyl (C=O) groups excluding carboxylic acids is 3. The molecular weight excluding hydrogens is 1010 g/mol. The zero-order valence-electron chi connectivity index (χ0n) is 53.5. The van der Waals surface area contributed by atoms with E-state index in [0.29, 0.717) is 19.3 Å². The molecule has 0 spiro atoms. The van der Waals surface area contributed by atoms with Crippen LogP contribution < -0.4 is 0 Å². The number of unbranched alkanes of at least 4 members (excludes halogenated alkanes) is 28. The Bertz CT molecular complexity index is 1730. The molecule has 0 aromatic rings. The van der Waals surface area contributed by atoms with Gasteiger partial charge in [0.2, 0.25) is 0 Å². The first kappa shape index (κ1) is 77.5. The average molecular weight is 1140 g/mol. The smallest absolute Gasteiger partial charge is 0.306 e. The van der Waals surface area contributed by atoms with E-state index in [9.17, 15) is 14.4 Å². The van der Waals surface area contributed by atoms with E-state index in [1.807, 2.05) is 0 Å². The largest absolute Gasteiger partial charge is 0.462 e. The van der Waals surface area contributed by atoms with Gasteiger partial charge in [0.05, 0.1) is 0 Å². The van der Waals surface area contributed by atoms with E-state index in [-0.39, 0.29) is 31.1 Å². The van der Waals surface area contributed by atoms with Crippen molar-refractivity contribution in [3.63, 3.8) is 0 Å². The normalized spacial score (nSPS) is 13.0. The van der Waals surface area contributed by atoms with Crippen molar-refractivity contribution in [3.05, 3.63) is 134 Å². The highest BCUT2D eigenvalue weighted by atomic mass is 16.6. The molecule has 0 bridgehead atoms. The molecule has 0 rings (SSSR count). The van der Waals surface area contributed by atoms with Crippen LogP contribution in [0.1, 0.15) is 310 Å². The van der Waals surface area contributed by atoms with Crippen LogP contribution in [0.25, 0.3) is 0 Å². The monoisotopic (exact) mass is 1130 g/mol. The van der Waals surface area contributed by atoms with Crippen LogP contribution in [0.3, 0.4) is 0 Å². The van der Waals surface area contributed by atoms with Crippen molar-refractivity contribution in [1.29, 1.82) is 0 Å². The number of esters is 3. The fraction of sp³-hybridized carbons (Fsp3) is 0.671. The maximum Gasteiger partial charge on any atom is 0.306 e. The second-order valence-corrected chi connectivity index (χ2v) is 22.3. The summed E-state index contributed by atoms with van der Waals surface area (Å²) in [5, 5.41) is 0. The van der Waals surface area contributed by atoms with Crippen molar-refractivity contribution in [2.45, 2.75) is 316 Å². The summed E-state index contributed by atoms with van der Waals surface area (Å²) in [6.45, 7) is 6.37. The summed E-state index contributed by atoms with van der Waals surface area (Å²) in [7, 11) is 0. The van der Waals surface area contributed by atoms with Gasteiger partial charge in [0.25, 0.3) is 0 Å². The maximum absolute atomic E-state index is 12.9. The summed E-state index contributed by atoms with van der Waals surface area (Å²) in [5.74, 6) is -0.889. The molecule has 0 aromatic heterocycles. The molecule has 0 heterocycles. The van der Waals surface area contributed by atoms with E-state index in [1.165, 1.54) is 141 Å². The molecule has 0 saturated carbocycles. The molecule has 0 aromatic carbocycles. The van der Waals surface area contributed by atoms with Gasteiger partial charge in [-0.15, -0.1) is 0 Å². The second kappa shape index (κ2) is 69.0. The summed E-state index contributed by atoms with van der Waals surface area (Å²) in [5.41, 5.74) is 0. The predicted molar refractivity (Wildman–Crippen MR) is 357 cm³/mol. The van der Waals surface area contributed by atoms with Crippen LogP contribution in [-0.2, 0) is 28.6 Å². The maximum atomic E-state index is 12.9. The third-order valence-corrected chi connectivity index (χ3v) is 14.4. The molecule has 0 radical (unpaired) electrons. The van der Waals surface area contributed by atoms with Gasteiger partial charge in [-0.2, -0.15) is 0 Å². The summed E-state index contributed by atoms with van der Waals surface area (Å²) >= 11 is 0. The van der Waals surface area contributed by atoms with Crippen LogP contribution in [0.2, 0.25) is 0 Å². The molecular formula is C76H126O6. The predicted octanol–water partition coefficient (Wildman–Crippen LogP) is 23.7. The molecule has 0 amide bonds. The first-order valence-corrected chi connectivity index (χ1v) is 34.2. The number of hydrogen-bond acceptors (Lipinski definition) is 6. The number of ether oxygens (including phenoxy) is 3. The molecule has 0 aliphatic carbocycles. The summed E-state index contributed by atoms with van der Waals surface area (Å²) in [6.07, 6.45) is 97.9. The molecule has 0 aliphatic heterocycles. The van der Waals surface area contributed by atoms with Gasteiger partial charge in [-0.25, -0.2) is 0 Å². The average Bonchev–Trinajstić information content (AvgIpc) is 3.47. The van der Waals surface area contributed by atoms with Gasteiger partial charge in [0.15, 0.2) is 6.10 Å². The van der Waals surface area contributed by atoms with E-state index >= 15 is 0 Å². The minimum atomic E-state index is -0.781.